The van der Waals surface area contributed by atoms with Crippen molar-refractivity contribution in [3.63, 3.8) is 0 Å². The average Bonchev–Trinajstić information content (AvgIpc) is 2.90. The first-order valence-corrected chi connectivity index (χ1v) is 6.80. The monoisotopic (exact) mass is 289 g/mol. The van der Waals surface area contributed by atoms with Gasteiger partial charge in [-0.15, -0.1) is 11.3 Å². The van der Waals surface area contributed by atoms with Gasteiger partial charge in [-0.2, -0.15) is 4.98 Å². The Hall–Kier alpha value is -2.25. The molecule has 0 saturated heterocycles. The van der Waals surface area contributed by atoms with Crippen LogP contribution in [0.4, 0.5) is 21.8 Å². The van der Waals surface area contributed by atoms with E-state index in [0.29, 0.717) is 11.5 Å². The second-order valence-corrected chi connectivity index (χ2v) is 5.18. The quantitative estimate of drug-likeness (QED) is 0.510. The summed E-state index contributed by atoms with van der Waals surface area (Å²) in [6, 6.07) is 6.87. The lowest BCUT2D eigenvalue weighted by molar-refractivity contribution is 0.630. The van der Waals surface area contributed by atoms with E-state index in [0.717, 1.165) is 15.8 Å². The van der Waals surface area contributed by atoms with Crippen molar-refractivity contribution in [2.75, 3.05) is 10.7 Å². The molecule has 0 atom stereocenters. The Kier molecular flexibility index (Phi) is 3.21. The molecule has 4 N–H and O–H groups in total. The Balaban J connectivity index is 2.07. The van der Waals surface area contributed by atoms with Gasteiger partial charge in [0.05, 0.1) is 11.1 Å². The zero-order chi connectivity index (χ0) is 14.1. The fourth-order valence-electron chi connectivity index (χ4n) is 1.86. The smallest absolute Gasteiger partial charge is 0.240 e. The van der Waals surface area contributed by atoms with Crippen molar-refractivity contribution in [1.82, 2.24) is 9.97 Å². The first-order valence-electron chi connectivity index (χ1n) is 5.92. The zero-order valence-electron chi connectivity index (χ0n) is 10.6. The molecule has 0 amide bonds. The van der Waals surface area contributed by atoms with Crippen molar-refractivity contribution in [1.29, 1.82) is 0 Å². The van der Waals surface area contributed by atoms with Crippen molar-refractivity contribution < 1.29 is 4.39 Å². The summed E-state index contributed by atoms with van der Waals surface area (Å²) in [4.78, 5) is 9.24. The minimum absolute atomic E-state index is 0.287. The summed E-state index contributed by atoms with van der Waals surface area (Å²) in [5.74, 6) is 5.83. The van der Waals surface area contributed by atoms with Crippen molar-refractivity contribution in [3.05, 3.63) is 41.0 Å². The molecule has 5 nitrogen and oxygen atoms in total. The van der Waals surface area contributed by atoms with Crippen LogP contribution in [0.25, 0.3) is 10.2 Å². The maximum Gasteiger partial charge on any atom is 0.240 e. The lowest BCUT2D eigenvalue weighted by Gasteiger charge is -2.09. The summed E-state index contributed by atoms with van der Waals surface area (Å²) in [7, 11) is 0. The summed E-state index contributed by atoms with van der Waals surface area (Å²) in [6.07, 6.45) is 0. The Morgan fingerprint density at radius 2 is 2.10 bits per heavy atom. The highest BCUT2D eigenvalue weighted by Crippen LogP contribution is 2.29. The number of nitrogen functional groups attached to an aromatic ring is 1. The van der Waals surface area contributed by atoms with E-state index >= 15 is 0 Å². The van der Waals surface area contributed by atoms with Gasteiger partial charge >= 0.3 is 0 Å². The topological polar surface area (TPSA) is 75.9 Å². The van der Waals surface area contributed by atoms with Gasteiger partial charge in [0.2, 0.25) is 5.95 Å². The van der Waals surface area contributed by atoms with Gasteiger partial charge in [0.15, 0.2) is 0 Å². The number of hydrogen-bond donors (Lipinski definition) is 3. The van der Waals surface area contributed by atoms with Gasteiger partial charge in [0, 0.05) is 0 Å². The molecule has 2 heterocycles. The van der Waals surface area contributed by atoms with Crippen LogP contribution in [0.2, 0.25) is 0 Å². The van der Waals surface area contributed by atoms with Crippen LogP contribution in [0.1, 0.15) is 5.56 Å². The molecule has 7 heteroatoms. The standard InChI is InChI=1S/C13H12FN5S/c1-7-2-3-10(9(14)6-7)16-11-8-4-5-20-12(8)18-13(17-11)19-15/h2-6H,15H2,1H3,(H2,16,17,18,19). The summed E-state index contributed by atoms with van der Waals surface area (Å²) >= 11 is 1.47. The molecule has 0 spiro atoms. The third kappa shape index (κ3) is 2.28. The number of aromatic nitrogens is 2. The van der Waals surface area contributed by atoms with Gasteiger partial charge in [0.25, 0.3) is 0 Å². The Morgan fingerprint density at radius 1 is 1.25 bits per heavy atom. The second kappa shape index (κ2) is 5.03. The molecule has 0 radical (unpaired) electrons. The van der Waals surface area contributed by atoms with Crippen LogP contribution in [0.3, 0.4) is 0 Å². The van der Waals surface area contributed by atoms with Crippen LogP contribution in [0, 0.1) is 12.7 Å². The van der Waals surface area contributed by atoms with Gasteiger partial charge in [-0.1, -0.05) is 6.07 Å². The Bertz CT molecular complexity index is 771. The molecule has 0 aliphatic rings. The van der Waals surface area contributed by atoms with Crippen molar-refractivity contribution in [3.8, 4) is 0 Å². The molecule has 0 aliphatic heterocycles. The molecular weight excluding hydrogens is 277 g/mol. The molecular formula is C13H12FN5S. The number of nitrogens with two attached hydrogens (primary N) is 1. The number of fused-ring (bicyclic) bond motifs is 1. The predicted octanol–water partition coefficient (Wildman–Crippen LogP) is 3.17. The first kappa shape index (κ1) is 12.8. The van der Waals surface area contributed by atoms with Gasteiger partial charge in [-0.05, 0) is 36.1 Å². The number of rotatable bonds is 3. The van der Waals surface area contributed by atoms with Crippen LogP contribution in [0.15, 0.2) is 29.6 Å². The molecule has 1 aromatic carbocycles. The Labute approximate surface area is 118 Å². The lowest BCUT2D eigenvalue weighted by atomic mass is 10.2. The predicted molar refractivity (Wildman–Crippen MR) is 79.6 cm³/mol. The van der Waals surface area contributed by atoms with Crippen molar-refractivity contribution in [2.24, 2.45) is 5.84 Å². The molecule has 3 rings (SSSR count). The van der Waals surface area contributed by atoms with E-state index in [1.807, 2.05) is 24.4 Å². The number of halogens is 1. The fraction of sp³-hybridized carbons (Fsp3) is 0.0769. The van der Waals surface area contributed by atoms with E-state index in [1.54, 1.807) is 6.07 Å². The molecule has 0 unspecified atom stereocenters. The van der Waals surface area contributed by atoms with Crippen LogP contribution >= 0.6 is 11.3 Å². The lowest BCUT2D eigenvalue weighted by Crippen LogP contribution is -2.11. The van der Waals surface area contributed by atoms with Crippen molar-refractivity contribution >= 4 is 39.0 Å². The van der Waals surface area contributed by atoms with E-state index in [4.69, 9.17) is 5.84 Å². The summed E-state index contributed by atoms with van der Waals surface area (Å²) in [6.45, 7) is 1.84. The van der Waals surface area contributed by atoms with E-state index in [2.05, 4.69) is 20.7 Å². The normalized spacial score (nSPS) is 10.8. The number of aryl methyl sites for hydroxylation is 1. The molecule has 3 aromatic rings. The first-order chi connectivity index (χ1) is 9.67. The van der Waals surface area contributed by atoms with Crippen LogP contribution in [-0.2, 0) is 0 Å². The highest BCUT2D eigenvalue weighted by Gasteiger charge is 2.10. The van der Waals surface area contributed by atoms with Gasteiger partial charge in [0.1, 0.15) is 16.5 Å². The van der Waals surface area contributed by atoms with Gasteiger partial charge < -0.3 is 5.32 Å². The third-order valence-corrected chi connectivity index (χ3v) is 3.64. The number of thiophene rings is 1. The molecule has 0 bridgehead atoms. The summed E-state index contributed by atoms with van der Waals surface area (Å²) < 4.78 is 13.9. The summed E-state index contributed by atoms with van der Waals surface area (Å²) in [5, 5.41) is 5.72. The molecule has 2 aromatic heterocycles. The SMILES string of the molecule is Cc1ccc(Nc2nc(NN)nc3sccc23)c(F)c1. The maximum atomic E-state index is 13.9. The third-order valence-electron chi connectivity index (χ3n) is 2.83. The number of nitrogens with one attached hydrogen (secondary N) is 2. The minimum Gasteiger partial charge on any atom is -0.337 e. The molecule has 102 valence electrons. The molecule has 0 aliphatic carbocycles. The number of hydrogen-bond acceptors (Lipinski definition) is 6. The average molecular weight is 289 g/mol. The largest absolute Gasteiger partial charge is 0.337 e. The van der Waals surface area contributed by atoms with Gasteiger partial charge in [-0.25, -0.2) is 15.2 Å². The highest BCUT2D eigenvalue weighted by molar-refractivity contribution is 7.16. The van der Waals surface area contributed by atoms with E-state index in [9.17, 15) is 4.39 Å². The summed E-state index contributed by atoms with van der Waals surface area (Å²) in [5.41, 5.74) is 3.64. The minimum atomic E-state index is -0.325. The number of hydrazine groups is 1. The highest BCUT2D eigenvalue weighted by atomic mass is 32.1. The van der Waals surface area contributed by atoms with Crippen LogP contribution < -0.4 is 16.6 Å². The molecule has 20 heavy (non-hydrogen) atoms. The number of anilines is 3. The fourth-order valence-corrected chi connectivity index (χ4v) is 2.63. The molecule has 0 fully saturated rings. The molecule has 0 saturated carbocycles. The number of nitrogens with zero attached hydrogens (tertiary/aromatic N) is 2. The van der Waals surface area contributed by atoms with E-state index in [1.165, 1.54) is 17.4 Å². The number of benzene rings is 1. The zero-order valence-corrected chi connectivity index (χ0v) is 11.5. The van der Waals surface area contributed by atoms with Gasteiger partial charge in [-0.3, -0.25) is 5.43 Å². The van der Waals surface area contributed by atoms with E-state index in [-0.39, 0.29) is 11.8 Å². The maximum absolute atomic E-state index is 13.9. The van der Waals surface area contributed by atoms with E-state index < -0.39 is 0 Å². The van der Waals surface area contributed by atoms with Crippen LogP contribution in [-0.4, -0.2) is 9.97 Å². The van der Waals surface area contributed by atoms with Crippen LogP contribution in [0.5, 0.6) is 0 Å². The van der Waals surface area contributed by atoms with Crippen molar-refractivity contribution in [2.45, 2.75) is 6.92 Å². The second-order valence-electron chi connectivity index (χ2n) is 4.29. The Morgan fingerprint density at radius 3 is 2.85 bits per heavy atom.